The summed E-state index contributed by atoms with van der Waals surface area (Å²) < 4.78 is 0. The molecular formula is C8H12ClN3O2. The molecule has 0 fully saturated rings. The second-order valence-electron chi connectivity index (χ2n) is 3.20. The summed E-state index contributed by atoms with van der Waals surface area (Å²) in [6.07, 6.45) is 2.94. The summed E-state index contributed by atoms with van der Waals surface area (Å²) in [7, 11) is 0. The highest BCUT2D eigenvalue weighted by molar-refractivity contribution is 6.31. The van der Waals surface area contributed by atoms with Gasteiger partial charge in [-0.15, -0.1) is 0 Å². The zero-order valence-electron chi connectivity index (χ0n) is 7.74. The first kappa shape index (κ1) is 11.2. The molecule has 5 nitrogen and oxygen atoms in total. The third-order valence-corrected chi connectivity index (χ3v) is 2.05. The van der Waals surface area contributed by atoms with E-state index in [0.717, 1.165) is 0 Å². The number of hydrogen-bond acceptors (Lipinski definition) is 5. The predicted molar refractivity (Wildman–Crippen MR) is 53.2 cm³/mol. The van der Waals surface area contributed by atoms with E-state index in [4.69, 9.17) is 21.8 Å². The Balaban J connectivity index is 2.82. The van der Waals surface area contributed by atoms with Gasteiger partial charge in [-0.25, -0.2) is 9.97 Å². The molecule has 0 saturated carbocycles. The molecule has 0 bridgehead atoms. The van der Waals surface area contributed by atoms with E-state index in [1.54, 1.807) is 6.92 Å². The summed E-state index contributed by atoms with van der Waals surface area (Å²) in [5.41, 5.74) is -0.848. The average molecular weight is 218 g/mol. The maximum atomic E-state index is 9.02. The van der Waals surface area contributed by atoms with Crippen molar-refractivity contribution >= 4 is 17.4 Å². The zero-order valence-corrected chi connectivity index (χ0v) is 8.49. The SMILES string of the molecule is CC(CO)(CO)Nc1nccnc1Cl. The Morgan fingerprint density at radius 3 is 2.43 bits per heavy atom. The summed E-state index contributed by atoms with van der Waals surface area (Å²) in [6, 6.07) is 0. The molecule has 6 heteroatoms. The minimum absolute atomic E-state index is 0.209. The minimum Gasteiger partial charge on any atom is -0.394 e. The number of anilines is 1. The summed E-state index contributed by atoms with van der Waals surface area (Å²) in [5, 5.41) is 21.1. The van der Waals surface area contributed by atoms with Gasteiger partial charge in [0.05, 0.1) is 18.8 Å². The standard InChI is InChI=1S/C8H12ClN3O2/c1-8(4-13,5-14)12-7-6(9)10-2-3-11-7/h2-3,13-14H,4-5H2,1H3,(H,11,12). The molecule has 0 aliphatic rings. The van der Waals surface area contributed by atoms with Crippen molar-refractivity contribution in [3.8, 4) is 0 Å². The van der Waals surface area contributed by atoms with Gasteiger partial charge in [-0.1, -0.05) is 11.6 Å². The maximum absolute atomic E-state index is 9.02. The second kappa shape index (κ2) is 4.54. The first-order chi connectivity index (χ1) is 6.61. The Labute approximate surface area is 86.8 Å². The fourth-order valence-electron chi connectivity index (χ4n) is 0.820. The molecule has 0 atom stereocenters. The van der Waals surface area contributed by atoms with E-state index in [2.05, 4.69) is 15.3 Å². The van der Waals surface area contributed by atoms with Gasteiger partial charge in [-0.3, -0.25) is 0 Å². The molecule has 0 aromatic carbocycles. The first-order valence-corrected chi connectivity index (χ1v) is 4.45. The molecule has 1 heterocycles. The number of aliphatic hydroxyl groups excluding tert-OH is 2. The van der Waals surface area contributed by atoms with Gasteiger partial charge >= 0.3 is 0 Å². The Bertz CT molecular complexity index is 304. The first-order valence-electron chi connectivity index (χ1n) is 4.08. The molecule has 0 saturated heterocycles. The third kappa shape index (κ3) is 2.54. The second-order valence-corrected chi connectivity index (χ2v) is 3.56. The number of nitrogens with one attached hydrogen (secondary N) is 1. The van der Waals surface area contributed by atoms with Crippen molar-refractivity contribution in [2.24, 2.45) is 0 Å². The fourth-order valence-corrected chi connectivity index (χ4v) is 0.972. The highest BCUT2D eigenvalue weighted by atomic mass is 35.5. The monoisotopic (exact) mass is 217 g/mol. The Hall–Kier alpha value is -0.910. The van der Waals surface area contributed by atoms with Crippen LogP contribution in [0.25, 0.3) is 0 Å². The van der Waals surface area contributed by atoms with Crippen molar-refractivity contribution in [3.05, 3.63) is 17.5 Å². The van der Waals surface area contributed by atoms with E-state index in [-0.39, 0.29) is 18.4 Å². The number of aromatic nitrogens is 2. The van der Waals surface area contributed by atoms with Gasteiger partial charge in [-0.05, 0) is 6.92 Å². The summed E-state index contributed by atoms with van der Waals surface area (Å²) in [4.78, 5) is 7.74. The van der Waals surface area contributed by atoms with Crippen molar-refractivity contribution in [1.82, 2.24) is 9.97 Å². The van der Waals surface area contributed by atoms with Crippen molar-refractivity contribution in [3.63, 3.8) is 0 Å². The van der Waals surface area contributed by atoms with Crippen LogP contribution in [0.3, 0.4) is 0 Å². The van der Waals surface area contributed by atoms with Gasteiger partial charge in [0.15, 0.2) is 11.0 Å². The summed E-state index contributed by atoms with van der Waals surface area (Å²) in [6.45, 7) is 1.20. The number of aliphatic hydroxyl groups is 2. The highest BCUT2D eigenvalue weighted by Gasteiger charge is 2.23. The lowest BCUT2D eigenvalue weighted by Crippen LogP contribution is -2.42. The van der Waals surface area contributed by atoms with E-state index >= 15 is 0 Å². The number of nitrogens with zero attached hydrogens (tertiary/aromatic N) is 2. The van der Waals surface area contributed by atoms with Crippen LogP contribution in [0.5, 0.6) is 0 Å². The lowest BCUT2D eigenvalue weighted by molar-refractivity contribution is 0.147. The van der Waals surface area contributed by atoms with Gasteiger partial charge in [-0.2, -0.15) is 0 Å². The van der Waals surface area contributed by atoms with E-state index in [9.17, 15) is 0 Å². The normalized spacial score (nSPS) is 11.4. The van der Waals surface area contributed by atoms with Crippen molar-refractivity contribution in [2.75, 3.05) is 18.5 Å². The van der Waals surface area contributed by atoms with E-state index in [1.807, 2.05) is 0 Å². The van der Waals surface area contributed by atoms with Crippen molar-refractivity contribution in [1.29, 1.82) is 0 Å². The average Bonchev–Trinajstić information content (AvgIpc) is 2.21. The van der Waals surface area contributed by atoms with Gasteiger partial charge in [0, 0.05) is 12.4 Å². The van der Waals surface area contributed by atoms with Crippen LogP contribution in [-0.2, 0) is 0 Å². The molecule has 0 aliphatic carbocycles. The van der Waals surface area contributed by atoms with Gasteiger partial charge in [0.2, 0.25) is 0 Å². The zero-order chi connectivity index (χ0) is 10.6. The third-order valence-electron chi connectivity index (χ3n) is 1.77. The van der Waals surface area contributed by atoms with Gasteiger partial charge in [0.25, 0.3) is 0 Å². The van der Waals surface area contributed by atoms with Crippen LogP contribution in [0.2, 0.25) is 5.15 Å². The summed E-state index contributed by atoms with van der Waals surface area (Å²) in [5.74, 6) is 0.347. The molecule has 0 aliphatic heterocycles. The molecule has 0 unspecified atom stereocenters. The van der Waals surface area contributed by atoms with Crippen LogP contribution < -0.4 is 5.32 Å². The number of hydrogen-bond donors (Lipinski definition) is 3. The Kier molecular flexibility index (Phi) is 3.62. The van der Waals surface area contributed by atoms with Crippen LogP contribution >= 0.6 is 11.6 Å². The Morgan fingerprint density at radius 2 is 1.93 bits per heavy atom. The van der Waals surface area contributed by atoms with Crippen LogP contribution in [0.15, 0.2) is 12.4 Å². The molecule has 0 radical (unpaired) electrons. The maximum Gasteiger partial charge on any atom is 0.171 e. The quantitative estimate of drug-likeness (QED) is 0.676. The smallest absolute Gasteiger partial charge is 0.171 e. The lowest BCUT2D eigenvalue weighted by Gasteiger charge is -2.26. The molecule has 78 valence electrons. The molecule has 3 N–H and O–H groups in total. The largest absolute Gasteiger partial charge is 0.394 e. The molecule has 1 aromatic heterocycles. The topological polar surface area (TPSA) is 78.3 Å². The lowest BCUT2D eigenvalue weighted by atomic mass is 10.1. The van der Waals surface area contributed by atoms with Crippen LogP contribution in [0, 0.1) is 0 Å². The van der Waals surface area contributed by atoms with Gasteiger partial charge < -0.3 is 15.5 Å². The van der Waals surface area contributed by atoms with E-state index in [1.165, 1.54) is 12.4 Å². The molecule has 1 aromatic rings. The van der Waals surface area contributed by atoms with Crippen LogP contribution in [0.4, 0.5) is 5.82 Å². The molecule has 1 rings (SSSR count). The Morgan fingerprint density at radius 1 is 1.36 bits per heavy atom. The van der Waals surface area contributed by atoms with Gasteiger partial charge in [0.1, 0.15) is 0 Å². The fraction of sp³-hybridized carbons (Fsp3) is 0.500. The number of halogens is 1. The van der Waals surface area contributed by atoms with E-state index < -0.39 is 5.54 Å². The van der Waals surface area contributed by atoms with Crippen LogP contribution in [-0.4, -0.2) is 38.9 Å². The van der Waals surface area contributed by atoms with Crippen LogP contribution in [0.1, 0.15) is 6.92 Å². The predicted octanol–water partition coefficient (Wildman–Crippen LogP) is 0.285. The molecule has 0 amide bonds. The number of rotatable bonds is 4. The highest BCUT2D eigenvalue weighted by Crippen LogP contribution is 2.18. The van der Waals surface area contributed by atoms with Crippen molar-refractivity contribution in [2.45, 2.75) is 12.5 Å². The van der Waals surface area contributed by atoms with E-state index in [0.29, 0.717) is 5.82 Å². The van der Waals surface area contributed by atoms with Crippen molar-refractivity contribution < 1.29 is 10.2 Å². The minimum atomic E-state index is -0.848. The summed E-state index contributed by atoms with van der Waals surface area (Å²) >= 11 is 5.74. The molecule has 14 heavy (non-hydrogen) atoms. The molecular weight excluding hydrogens is 206 g/mol. The molecule has 0 spiro atoms.